The fourth-order valence-electron chi connectivity index (χ4n) is 4.68. The Bertz CT molecular complexity index is 323. The molecule has 2 bridgehead atoms. The first kappa shape index (κ1) is 13.4. The molecule has 0 aromatic heterocycles. The van der Waals surface area contributed by atoms with Gasteiger partial charge in [0.25, 0.3) is 0 Å². The van der Waals surface area contributed by atoms with Crippen LogP contribution in [0.25, 0.3) is 0 Å². The average Bonchev–Trinajstić information content (AvgIpc) is 3.02. The summed E-state index contributed by atoms with van der Waals surface area (Å²) in [5.41, 5.74) is 0. The van der Waals surface area contributed by atoms with Crippen LogP contribution in [0, 0.1) is 17.8 Å². The van der Waals surface area contributed by atoms with Crippen LogP contribution in [0.3, 0.4) is 0 Å². The Morgan fingerprint density at radius 2 is 1.74 bits per heavy atom. The molecule has 3 unspecified atom stereocenters. The summed E-state index contributed by atoms with van der Waals surface area (Å²) in [5, 5.41) is 6.63. The van der Waals surface area contributed by atoms with Crippen LogP contribution in [0.15, 0.2) is 0 Å². The van der Waals surface area contributed by atoms with Crippen molar-refractivity contribution < 1.29 is 4.79 Å². The van der Waals surface area contributed by atoms with Gasteiger partial charge in [0.2, 0.25) is 5.91 Å². The number of hydrogen-bond donors (Lipinski definition) is 2. The van der Waals surface area contributed by atoms with Crippen LogP contribution in [0.1, 0.15) is 57.8 Å². The first-order chi connectivity index (χ1) is 9.24. The molecule has 0 heterocycles. The Morgan fingerprint density at radius 3 is 2.32 bits per heavy atom. The lowest BCUT2D eigenvalue weighted by Crippen LogP contribution is -2.42. The fourth-order valence-corrected chi connectivity index (χ4v) is 4.68. The molecule has 3 rings (SSSR count). The van der Waals surface area contributed by atoms with Gasteiger partial charge in [-0.15, -0.1) is 0 Å². The number of carbonyl (C=O) groups excluding carboxylic acids is 1. The van der Waals surface area contributed by atoms with Gasteiger partial charge in [-0.05, 0) is 69.7 Å². The highest BCUT2D eigenvalue weighted by Gasteiger charge is 2.40. The van der Waals surface area contributed by atoms with E-state index in [4.69, 9.17) is 0 Å². The maximum atomic E-state index is 12.2. The first-order valence-corrected chi connectivity index (χ1v) is 8.21. The Morgan fingerprint density at radius 1 is 1.00 bits per heavy atom. The first-order valence-electron chi connectivity index (χ1n) is 8.21. The molecule has 0 spiro atoms. The van der Waals surface area contributed by atoms with Crippen LogP contribution in [0.5, 0.6) is 0 Å². The van der Waals surface area contributed by atoms with Crippen molar-refractivity contribution in [2.75, 3.05) is 7.05 Å². The smallest absolute Gasteiger partial charge is 0.220 e. The summed E-state index contributed by atoms with van der Waals surface area (Å²) in [6, 6.07) is 1.11. The summed E-state index contributed by atoms with van der Waals surface area (Å²) >= 11 is 0. The maximum Gasteiger partial charge on any atom is 0.220 e. The molecule has 3 nitrogen and oxygen atoms in total. The van der Waals surface area contributed by atoms with Gasteiger partial charge in [0.05, 0.1) is 0 Å². The third-order valence-corrected chi connectivity index (χ3v) is 5.83. The highest BCUT2D eigenvalue weighted by Crippen LogP contribution is 2.49. The van der Waals surface area contributed by atoms with E-state index < -0.39 is 0 Å². The van der Waals surface area contributed by atoms with Crippen LogP contribution >= 0.6 is 0 Å². The van der Waals surface area contributed by atoms with Gasteiger partial charge in [0.15, 0.2) is 0 Å². The Balaban J connectivity index is 1.40. The Kier molecular flexibility index (Phi) is 4.11. The molecule has 3 atom stereocenters. The predicted molar refractivity (Wildman–Crippen MR) is 76.8 cm³/mol. The number of fused-ring (bicyclic) bond motifs is 2. The van der Waals surface area contributed by atoms with Crippen molar-refractivity contribution >= 4 is 5.91 Å². The van der Waals surface area contributed by atoms with Gasteiger partial charge in [-0.25, -0.2) is 0 Å². The third kappa shape index (κ3) is 3.13. The van der Waals surface area contributed by atoms with E-state index >= 15 is 0 Å². The minimum atomic E-state index is 0.324. The van der Waals surface area contributed by atoms with E-state index in [0.29, 0.717) is 23.9 Å². The number of hydrogen-bond acceptors (Lipinski definition) is 2. The van der Waals surface area contributed by atoms with E-state index in [2.05, 4.69) is 10.6 Å². The van der Waals surface area contributed by atoms with Crippen molar-refractivity contribution in [2.24, 2.45) is 17.8 Å². The zero-order valence-electron chi connectivity index (χ0n) is 12.2. The molecule has 19 heavy (non-hydrogen) atoms. The van der Waals surface area contributed by atoms with Crippen molar-refractivity contribution in [3.8, 4) is 0 Å². The van der Waals surface area contributed by atoms with Crippen LogP contribution in [-0.2, 0) is 4.79 Å². The standard InChI is InChI=1S/C16H28N2O/c1-17-14-4-6-15(7-5-14)18-16(19)10-13-9-11-2-3-12(13)8-11/h11-15,17H,2-10H2,1H3,(H,18,19). The van der Waals surface area contributed by atoms with Gasteiger partial charge >= 0.3 is 0 Å². The molecule has 3 aliphatic rings. The van der Waals surface area contributed by atoms with Gasteiger partial charge < -0.3 is 10.6 Å². The van der Waals surface area contributed by atoms with Crippen LogP contribution in [0.4, 0.5) is 0 Å². The van der Waals surface area contributed by atoms with Crippen molar-refractivity contribution in [1.29, 1.82) is 0 Å². The highest BCUT2D eigenvalue weighted by molar-refractivity contribution is 5.76. The van der Waals surface area contributed by atoms with E-state index in [9.17, 15) is 4.79 Å². The van der Waals surface area contributed by atoms with E-state index in [0.717, 1.165) is 31.1 Å². The summed E-state index contributed by atoms with van der Waals surface area (Å²) in [6.07, 6.45) is 11.0. The molecule has 0 radical (unpaired) electrons. The van der Waals surface area contributed by atoms with E-state index in [1.807, 2.05) is 7.05 Å². The van der Waals surface area contributed by atoms with Crippen molar-refractivity contribution in [3.63, 3.8) is 0 Å². The largest absolute Gasteiger partial charge is 0.353 e. The highest BCUT2D eigenvalue weighted by atomic mass is 16.1. The zero-order chi connectivity index (χ0) is 13.2. The van der Waals surface area contributed by atoms with Crippen LogP contribution < -0.4 is 10.6 Å². The Labute approximate surface area is 116 Å². The summed E-state index contributed by atoms with van der Waals surface area (Å²) < 4.78 is 0. The molecule has 2 N–H and O–H groups in total. The molecule has 0 aliphatic heterocycles. The fraction of sp³-hybridized carbons (Fsp3) is 0.938. The lowest BCUT2D eigenvalue weighted by atomic mass is 9.86. The molecular formula is C16H28N2O. The number of nitrogens with one attached hydrogen (secondary N) is 2. The summed E-state index contributed by atoms with van der Waals surface area (Å²) in [4.78, 5) is 12.2. The summed E-state index contributed by atoms with van der Waals surface area (Å²) in [7, 11) is 2.04. The molecule has 108 valence electrons. The van der Waals surface area contributed by atoms with E-state index in [1.165, 1.54) is 38.5 Å². The van der Waals surface area contributed by atoms with Gasteiger partial charge in [0.1, 0.15) is 0 Å². The molecule has 1 amide bonds. The lowest BCUT2D eigenvalue weighted by molar-refractivity contribution is -0.123. The number of carbonyl (C=O) groups is 1. The molecule has 0 aromatic rings. The third-order valence-electron chi connectivity index (χ3n) is 5.83. The minimum Gasteiger partial charge on any atom is -0.353 e. The second-order valence-corrected chi connectivity index (χ2v) is 7.04. The normalized spacial score (nSPS) is 41.4. The molecule has 3 heteroatoms. The molecule has 0 saturated heterocycles. The van der Waals surface area contributed by atoms with E-state index in [-0.39, 0.29) is 0 Å². The van der Waals surface area contributed by atoms with Crippen LogP contribution in [0.2, 0.25) is 0 Å². The SMILES string of the molecule is CNC1CCC(NC(=O)CC2CC3CCC2C3)CC1. The van der Waals surface area contributed by atoms with Crippen molar-refractivity contribution in [1.82, 2.24) is 10.6 Å². The van der Waals surface area contributed by atoms with Gasteiger partial charge in [-0.2, -0.15) is 0 Å². The van der Waals surface area contributed by atoms with Gasteiger partial charge in [-0.3, -0.25) is 4.79 Å². The second-order valence-electron chi connectivity index (χ2n) is 7.04. The minimum absolute atomic E-state index is 0.324. The molecular weight excluding hydrogens is 236 g/mol. The summed E-state index contributed by atoms with van der Waals surface area (Å²) in [6.45, 7) is 0. The molecule has 3 aliphatic carbocycles. The second kappa shape index (κ2) is 5.82. The van der Waals surface area contributed by atoms with E-state index in [1.54, 1.807) is 0 Å². The lowest BCUT2D eigenvalue weighted by Gasteiger charge is -2.29. The van der Waals surface area contributed by atoms with Crippen LogP contribution in [-0.4, -0.2) is 25.0 Å². The number of rotatable bonds is 4. The Hall–Kier alpha value is -0.570. The monoisotopic (exact) mass is 264 g/mol. The van der Waals surface area contributed by atoms with Crippen molar-refractivity contribution in [3.05, 3.63) is 0 Å². The summed E-state index contributed by atoms with van der Waals surface area (Å²) in [5.74, 6) is 2.85. The predicted octanol–water partition coefficient (Wildman–Crippen LogP) is 2.46. The maximum absolute atomic E-state index is 12.2. The average molecular weight is 264 g/mol. The number of amides is 1. The molecule has 3 fully saturated rings. The van der Waals surface area contributed by atoms with Crippen molar-refractivity contribution in [2.45, 2.75) is 69.9 Å². The quantitative estimate of drug-likeness (QED) is 0.819. The molecule has 0 aromatic carbocycles. The van der Waals surface area contributed by atoms with Gasteiger partial charge in [0, 0.05) is 18.5 Å². The van der Waals surface area contributed by atoms with Gasteiger partial charge in [-0.1, -0.05) is 6.42 Å². The topological polar surface area (TPSA) is 41.1 Å². The zero-order valence-corrected chi connectivity index (χ0v) is 12.2. The molecule has 3 saturated carbocycles.